The summed E-state index contributed by atoms with van der Waals surface area (Å²) in [6.07, 6.45) is 6.29. The molecule has 0 atom stereocenters. The zero-order valence-corrected chi connectivity index (χ0v) is 12.4. The van der Waals surface area contributed by atoms with Gasteiger partial charge in [0, 0.05) is 31.9 Å². The molecule has 1 aromatic rings. The van der Waals surface area contributed by atoms with Crippen LogP contribution in [-0.4, -0.2) is 43.3 Å². The lowest BCUT2D eigenvalue weighted by Gasteiger charge is -2.28. The van der Waals surface area contributed by atoms with Crippen LogP contribution in [0.4, 0.5) is 0 Å². The Bertz CT molecular complexity index is 423. The monoisotopic (exact) mass is 279 g/mol. The molecule has 1 heterocycles. The molecule has 5 heteroatoms. The predicted octanol–water partition coefficient (Wildman–Crippen LogP) is 1.39. The molecule has 0 aliphatic heterocycles. The number of rotatable bonds is 6. The fraction of sp³-hybridized carbons (Fsp3) is 0.667. The first-order valence-electron chi connectivity index (χ1n) is 7.36. The second kappa shape index (κ2) is 7.45. The van der Waals surface area contributed by atoms with Crippen LogP contribution in [0.1, 0.15) is 36.2 Å². The number of nitrogens with one attached hydrogen (secondary N) is 2. The number of nitrogens with zero attached hydrogens (tertiary/aromatic N) is 1. The van der Waals surface area contributed by atoms with Crippen molar-refractivity contribution in [1.29, 1.82) is 0 Å². The van der Waals surface area contributed by atoms with E-state index in [0.717, 1.165) is 31.4 Å². The number of hydrogen-bond donors (Lipinski definition) is 2. The van der Waals surface area contributed by atoms with E-state index in [-0.39, 0.29) is 5.91 Å². The molecule has 112 valence electrons. The van der Waals surface area contributed by atoms with Crippen molar-refractivity contribution < 1.29 is 9.53 Å². The zero-order valence-electron chi connectivity index (χ0n) is 12.4. The second-order valence-corrected chi connectivity index (χ2v) is 5.39. The van der Waals surface area contributed by atoms with Crippen molar-refractivity contribution in [3.63, 3.8) is 0 Å². The SMILES string of the molecule is CNC1CCC(NC(=O)c2cccn2CCOC)CC1. The van der Waals surface area contributed by atoms with E-state index < -0.39 is 0 Å². The van der Waals surface area contributed by atoms with E-state index >= 15 is 0 Å². The molecule has 0 unspecified atom stereocenters. The third-order valence-electron chi connectivity index (χ3n) is 4.07. The number of methoxy groups -OCH3 is 1. The molecular formula is C15H25N3O2. The number of aromatic nitrogens is 1. The molecule has 1 aliphatic rings. The maximum Gasteiger partial charge on any atom is 0.268 e. The summed E-state index contributed by atoms with van der Waals surface area (Å²) in [5.41, 5.74) is 0.720. The van der Waals surface area contributed by atoms with Gasteiger partial charge in [-0.2, -0.15) is 0 Å². The quantitative estimate of drug-likeness (QED) is 0.827. The van der Waals surface area contributed by atoms with E-state index in [9.17, 15) is 4.79 Å². The summed E-state index contributed by atoms with van der Waals surface area (Å²) in [5.74, 6) is 0.0269. The number of ether oxygens (including phenoxy) is 1. The first kappa shape index (κ1) is 15.1. The smallest absolute Gasteiger partial charge is 0.268 e. The van der Waals surface area contributed by atoms with Crippen LogP contribution >= 0.6 is 0 Å². The van der Waals surface area contributed by atoms with Gasteiger partial charge in [-0.05, 0) is 44.9 Å². The summed E-state index contributed by atoms with van der Waals surface area (Å²) >= 11 is 0. The van der Waals surface area contributed by atoms with Gasteiger partial charge in [-0.1, -0.05) is 0 Å². The maximum atomic E-state index is 12.3. The Morgan fingerprint density at radius 2 is 2.05 bits per heavy atom. The van der Waals surface area contributed by atoms with Crippen LogP contribution in [0, 0.1) is 0 Å². The lowest BCUT2D eigenvalue weighted by molar-refractivity contribution is 0.0912. The van der Waals surface area contributed by atoms with Gasteiger partial charge in [-0.25, -0.2) is 0 Å². The van der Waals surface area contributed by atoms with Gasteiger partial charge in [-0.3, -0.25) is 4.79 Å². The molecule has 0 spiro atoms. The van der Waals surface area contributed by atoms with E-state index in [1.807, 2.05) is 29.9 Å². The summed E-state index contributed by atoms with van der Waals surface area (Å²) < 4.78 is 7.01. The van der Waals surface area contributed by atoms with Gasteiger partial charge in [0.1, 0.15) is 5.69 Å². The van der Waals surface area contributed by atoms with Crippen molar-refractivity contribution >= 4 is 5.91 Å². The Labute approximate surface area is 120 Å². The number of carbonyl (C=O) groups excluding carboxylic acids is 1. The van der Waals surface area contributed by atoms with Gasteiger partial charge in [0.25, 0.3) is 5.91 Å². The van der Waals surface area contributed by atoms with Crippen LogP contribution in [0.3, 0.4) is 0 Å². The highest BCUT2D eigenvalue weighted by molar-refractivity contribution is 5.92. The Morgan fingerprint density at radius 1 is 1.35 bits per heavy atom. The summed E-state index contributed by atoms with van der Waals surface area (Å²) in [4.78, 5) is 12.3. The van der Waals surface area contributed by atoms with Crippen LogP contribution in [0.25, 0.3) is 0 Å². The molecule has 1 aromatic heterocycles. The van der Waals surface area contributed by atoms with Crippen molar-refractivity contribution in [2.45, 2.75) is 44.3 Å². The summed E-state index contributed by atoms with van der Waals surface area (Å²) in [5, 5.41) is 6.46. The topological polar surface area (TPSA) is 55.3 Å². The number of hydrogen-bond acceptors (Lipinski definition) is 3. The average Bonchev–Trinajstić information content (AvgIpc) is 2.94. The number of carbonyl (C=O) groups is 1. The largest absolute Gasteiger partial charge is 0.383 e. The third kappa shape index (κ3) is 3.84. The van der Waals surface area contributed by atoms with Gasteiger partial charge in [-0.15, -0.1) is 0 Å². The highest BCUT2D eigenvalue weighted by Gasteiger charge is 2.22. The molecule has 20 heavy (non-hydrogen) atoms. The van der Waals surface area contributed by atoms with Crippen molar-refractivity contribution in [2.24, 2.45) is 0 Å². The average molecular weight is 279 g/mol. The van der Waals surface area contributed by atoms with Gasteiger partial charge >= 0.3 is 0 Å². The highest BCUT2D eigenvalue weighted by atomic mass is 16.5. The Kier molecular flexibility index (Phi) is 5.61. The van der Waals surface area contributed by atoms with Crippen molar-refractivity contribution in [3.8, 4) is 0 Å². The van der Waals surface area contributed by atoms with Crippen molar-refractivity contribution in [2.75, 3.05) is 20.8 Å². The van der Waals surface area contributed by atoms with Crippen LogP contribution < -0.4 is 10.6 Å². The Morgan fingerprint density at radius 3 is 2.70 bits per heavy atom. The fourth-order valence-corrected chi connectivity index (χ4v) is 2.79. The molecule has 0 saturated heterocycles. The third-order valence-corrected chi connectivity index (χ3v) is 4.07. The Hall–Kier alpha value is -1.33. The van der Waals surface area contributed by atoms with E-state index in [1.54, 1.807) is 7.11 Å². The highest BCUT2D eigenvalue weighted by Crippen LogP contribution is 2.18. The molecule has 1 aliphatic carbocycles. The van der Waals surface area contributed by atoms with Crippen LogP contribution in [0.15, 0.2) is 18.3 Å². The van der Waals surface area contributed by atoms with E-state index in [2.05, 4.69) is 10.6 Å². The minimum absolute atomic E-state index is 0.0269. The molecule has 0 bridgehead atoms. The molecule has 0 aromatic carbocycles. The molecular weight excluding hydrogens is 254 g/mol. The van der Waals surface area contributed by atoms with E-state index in [0.29, 0.717) is 25.2 Å². The van der Waals surface area contributed by atoms with Gasteiger partial charge in [0.2, 0.25) is 0 Å². The van der Waals surface area contributed by atoms with Gasteiger partial charge in [0.15, 0.2) is 0 Å². The molecule has 2 rings (SSSR count). The molecule has 5 nitrogen and oxygen atoms in total. The molecule has 2 N–H and O–H groups in total. The second-order valence-electron chi connectivity index (χ2n) is 5.39. The summed E-state index contributed by atoms with van der Waals surface area (Å²) in [6.45, 7) is 1.32. The first-order valence-corrected chi connectivity index (χ1v) is 7.36. The number of amides is 1. The van der Waals surface area contributed by atoms with Crippen molar-refractivity contribution in [1.82, 2.24) is 15.2 Å². The fourth-order valence-electron chi connectivity index (χ4n) is 2.79. The van der Waals surface area contributed by atoms with Gasteiger partial charge in [0.05, 0.1) is 6.61 Å². The minimum Gasteiger partial charge on any atom is -0.383 e. The maximum absolute atomic E-state index is 12.3. The Balaban J connectivity index is 1.87. The molecule has 0 radical (unpaired) electrons. The van der Waals surface area contributed by atoms with Crippen LogP contribution in [0.5, 0.6) is 0 Å². The van der Waals surface area contributed by atoms with E-state index in [4.69, 9.17) is 4.74 Å². The first-order chi connectivity index (χ1) is 9.74. The van der Waals surface area contributed by atoms with Gasteiger partial charge < -0.3 is 19.9 Å². The molecule has 1 fully saturated rings. The molecule has 1 saturated carbocycles. The lowest BCUT2D eigenvalue weighted by Crippen LogP contribution is -2.41. The normalized spacial score (nSPS) is 22.7. The van der Waals surface area contributed by atoms with Crippen LogP contribution in [0.2, 0.25) is 0 Å². The lowest BCUT2D eigenvalue weighted by atomic mass is 9.91. The molecule has 1 amide bonds. The van der Waals surface area contributed by atoms with Crippen LogP contribution in [-0.2, 0) is 11.3 Å². The predicted molar refractivity (Wildman–Crippen MR) is 78.9 cm³/mol. The van der Waals surface area contributed by atoms with E-state index in [1.165, 1.54) is 0 Å². The zero-order chi connectivity index (χ0) is 14.4. The summed E-state index contributed by atoms with van der Waals surface area (Å²) in [7, 11) is 3.68. The summed E-state index contributed by atoms with van der Waals surface area (Å²) in [6, 6.07) is 4.68. The standard InChI is InChI=1S/C15H25N3O2/c1-16-12-5-7-13(8-6-12)17-15(19)14-4-3-9-18(14)10-11-20-2/h3-4,9,12-13,16H,5-8,10-11H2,1-2H3,(H,17,19). The van der Waals surface area contributed by atoms with Crippen molar-refractivity contribution in [3.05, 3.63) is 24.0 Å². The minimum atomic E-state index is 0.0269.